The van der Waals surface area contributed by atoms with E-state index in [1.165, 1.54) is 0 Å². The van der Waals surface area contributed by atoms with Crippen molar-refractivity contribution in [3.63, 3.8) is 0 Å². The number of rotatable bonds is 0. The molecule has 0 aromatic heterocycles. The maximum absolute atomic E-state index is 10.6. The Balaban J connectivity index is 2.92. The SMILES string of the molecule is NN1C(=O)N=C([N+](=O)[O-])[NH+]1[O-]. The van der Waals surface area contributed by atoms with Crippen LogP contribution in [0.1, 0.15) is 0 Å². The summed E-state index contributed by atoms with van der Waals surface area (Å²) < 4.78 is 0. The van der Waals surface area contributed by atoms with Gasteiger partial charge in [-0.05, 0) is 0 Å². The van der Waals surface area contributed by atoms with Crippen LogP contribution in [0.15, 0.2) is 4.99 Å². The van der Waals surface area contributed by atoms with Crippen LogP contribution in [-0.4, -0.2) is 22.0 Å². The first-order valence-electron chi connectivity index (χ1n) is 2.40. The minimum atomic E-state index is -1.19. The lowest BCUT2D eigenvalue weighted by atomic mass is 11.0. The van der Waals surface area contributed by atoms with Crippen molar-refractivity contribution in [3.05, 3.63) is 15.3 Å². The standard InChI is InChI=1S/C2H3N5O4/c3-5-2(8)4-1(6(5)9)7(10)11/h6H,3H2. The topological polar surface area (TPSA) is 129 Å². The summed E-state index contributed by atoms with van der Waals surface area (Å²) in [6, 6.07) is -1.12. The molecule has 9 heteroatoms. The van der Waals surface area contributed by atoms with E-state index in [9.17, 15) is 20.1 Å². The number of quaternary nitrogens is 1. The smallest absolute Gasteiger partial charge is 0.569 e. The van der Waals surface area contributed by atoms with E-state index in [1.807, 2.05) is 0 Å². The van der Waals surface area contributed by atoms with Crippen molar-refractivity contribution in [3.8, 4) is 0 Å². The number of nitrogens with two attached hydrogens (primary N) is 1. The van der Waals surface area contributed by atoms with Crippen LogP contribution in [0.25, 0.3) is 0 Å². The minimum Gasteiger partial charge on any atom is -0.595 e. The number of nitrogens with zero attached hydrogens (tertiary/aromatic N) is 3. The van der Waals surface area contributed by atoms with Gasteiger partial charge < -0.3 is 15.3 Å². The molecule has 0 saturated carbocycles. The zero-order chi connectivity index (χ0) is 8.59. The summed E-state index contributed by atoms with van der Waals surface area (Å²) in [4.78, 5) is 22.0. The van der Waals surface area contributed by atoms with Gasteiger partial charge in [-0.1, -0.05) is 5.12 Å². The number of carbonyl (C=O) groups excluding carboxylic acids is 1. The van der Waals surface area contributed by atoms with Gasteiger partial charge in [0.25, 0.3) is 0 Å². The van der Waals surface area contributed by atoms with Crippen molar-refractivity contribution >= 4 is 12.0 Å². The maximum Gasteiger partial charge on any atom is 0.569 e. The Kier molecular flexibility index (Phi) is 1.53. The predicted molar refractivity (Wildman–Crippen MR) is 30.2 cm³/mol. The molecule has 0 aromatic rings. The number of urea groups is 1. The zero-order valence-electron chi connectivity index (χ0n) is 5.05. The van der Waals surface area contributed by atoms with Crippen LogP contribution in [0.2, 0.25) is 0 Å². The average molecular weight is 161 g/mol. The molecule has 0 radical (unpaired) electrons. The van der Waals surface area contributed by atoms with E-state index in [2.05, 4.69) is 4.99 Å². The van der Waals surface area contributed by atoms with E-state index < -0.39 is 22.1 Å². The van der Waals surface area contributed by atoms with Crippen LogP contribution < -0.4 is 11.0 Å². The summed E-state index contributed by atoms with van der Waals surface area (Å²) in [7, 11) is 0. The molecule has 2 amide bonds. The second-order valence-electron chi connectivity index (χ2n) is 1.65. The highest BCUT2D eigenvalue weighted by Gasteiger charge is 2.42. The first-order valence-corrected chi connectivity index (χ1v) is 2.40. The fourth-order valence-electron chi connectivity index (χ4n) is 0.506. The summed E-state index contributed by atoms with van der Waals surface area (Å²) in [5.74, 6) is 3.72. The molecule has 0 aromatic carbocycles. The van der Waals surface area contributed by atoms with Gasteiger partial charge in [0.1, 0.15) is 0 Å². The number of hydrogen-bond acceptors (Lipinski definition) is 5. The number of hydrogen-bond donors (Lipinski definition) is 2. The van der Waals surface area contributed by atoms with Gasteiger partial charge >= 0.3 is 12.0 Å². The molecule has 1 unspecified atom stereocenters. The average Bonchev–Trinajstić information content (AvgIpc) is 2.17. The minimum absolute atomic E-state index is 0.0815. The van der Waals surface area contributed by atoms with Crippen molar-refractivity contribution < 1.29 is 14.9 Å². The molecule has 0 spiro atoms. The summed E-state index contributed by atoms with van der Waals surface area (Å²) in [5, 5.41) is 19.4. The number of aliphatic imine (C=N–C) groups is 1. The highest BCUT2D eigenvalue weighted by atomic mass is 16.7. The van der Waals surface area contributed by atoms with Gasteiger partial charge in [0.05, 0.1) is 4.99 Å². The molecule has 0 aliphatic carbocycles. The fraction of sp³-hybridized carbons (Fsp3) is 0. The highest BCUT2D eigenvalue weighted by Crippen LogP contribution is 1.87. The normalized spacial score (nSPS) is 23.8. The highest BCUT2D eigenvalue weighted by molar-refractivity contribution is 5.87. The molecule has 9 nitrogen and oxygen atoms in total. The molecule has 1 atom stereocenters. The molecule has 0 saturated heterocycles. The van der Waals surface area contributed by atoms with E-state index in [0.717, 1.165) is 0 Å². The number of nitro groups is 1. The predicted octanol–water partition coefficient (Wildman–Crippen LogP) is -2.77. The molecule has 1 rings (SSSR count). The van der Waals surface area contributed by atoms with Crippen molar-refractivity contribution in [1.29, 1.82) is 0 Å². The van der Waals surface area contributed by atoms with Gasteiger partial charge in [0, 0.05) is 4.92 Å². The van der Waals surface area contributed by atoms with Crippen LogP contribution in [-0.2, 0) is 0 Å². The van der Waals surface area contributed by atoms with Crippen LogP contribution in [0.4, 0.5) is 4.79 Å². The number of hydroxylamine groups is 1. The summed E-state index contributed by atoms with van der Waals surface area (Å²) in [6.07, 6.45) is 0. The Labute approximate surface area is 59.4 Å². The van der Waals surface area contributed by atoms with E-state index in [1.54, 1.807) is 0 Å². The third-order valence-corrected chi connectivity index (χ3v) is 0.991. The number of hydrazine groups is 1. The van der Waals surface area contributed by atoms with E-state index in [0.29, 0.717) is 0 Å². The third-order valence-electron chi connectivity index (χ3n) is 0.991. The second kappa shape index (κ2) is 2.23. The van der Waals surface area contributed by atoms with Crippen LogP contribution in [0.5, 0.6) is 0 Å². The Bertz CT molecular complexity index is 247. The van der Waals surface area contributed by atoms with Gasteiger partial charge in [-0.15, -0.1) is 5.17 Å². The Morgan fingerprint density at radius 3 is 2.45 bits per heavy atom. The molecule has 0 bridgehead atoms. The van der Waals surface area contributed by atoms with Gasteiger partial charge in [0.15, 0.2) is 0 Å². The molecular formula is C2H3N5O4. The lowest BCUT2D eigenvalue weighted by molar-refractivity contribution is -0.897. The van der Waals surface area contributed by atoms with Crippen LogP contribution in [0.3, 0.4) is 0 Å². The summed E-state index contributed by atoms with van der Waals surface area (Å²) in [6.45, 7) is 0. The van der Waals surface area contributed by atoms with Gasteiger partial charge in [-0.2, -0.15) is 5.84 Å². The first-order chi connectivity index (χ1) is 5.04. The van der Waals surface area contributed by atoms with E-state index >= 15 is 0 Å². The molecule has 1 heterocycles. The molecule has 60 valence electrons. The lowest BCUT2D eigenvalue weighted by Crippen LogP contribution is -3.17. The molecule has 0 fully saturated rings. The number of amides is 2. The Morgan fingerprint density at radius 2 is 2.27 bits per heavy atom. The monoisotopic (exact) mass is 161 g/mol. The fourth-order valence-corrected chi connectivity index (χ4v) is 0.506. The molecule has 1 aliphatic rings. The second-order valence-corrected chi connectivity index (χ2v) is 1.65. The molecule has 11 heavy (non-hydrogen) atoms. The largest absolute Gasteiger partial charge is 0.595 e. The van der Waals surface area contributed by atoms with E-state index in [4.69, 9.17) is 5.84 Å². The van der Waals surface area contributed by atoms with Crippen molar-refractivity contribution in [2.24, 2.45) is 10.8 Å². The first kappa shape index (κ1) is 7.53. The van der Waals surface area contributed by atoms with Gasteiger partial charge in [-0.3, -0.25) is 0 Å². The Hall–Kier alpha value is -1.58. The third kappa shape index (κ3) is 1.02. The molecular weight excluding hydrogens is 158 g/mol. The number of nitrogens with one attached hydrogen (secondary N) is 1. The van der Waals surface area contributed by atoms with Crippen LogP contribution in [0, 0.1) is 15.3 Å². The van der Waals surface area contributed by atoms with Gasteiger partial charge in [0.2, 0.25) is 0 Å². The number of guanidine groups is 1. The maximum atomic E-state index is 10.6. The van der Waals surface area contributed by atoms with Crippen molar-refractivity contribution in [1.82, 2.24) is 5.12 Å². The number of carbonyl (C=O) groups is 1. The Morgan fingerprint density at radius 1 is 1.73 bits per heavy atom. The quantitative estimate of drug-likeness (QED) is 0.130. The van der Waals surface area contributed by atoms with Crippen molar-refractivity contribution in [2.45, 2.75) is 0 Å². The van der Waals surface area contributed by atoms with Crippen LogP contribution >= 0.6 is 0 Å². The van der Waals surface area contributed by atoms with E-state index in [-0.39, 0.29) is 5.12 Å². The zero-order valence-corrected chi connectivity index (χ0v) is 5.05. The summed E-state index contributed by atoms with van der Waals surface area (Å²) >= 11 is 0. The molecule has 3 N–H and O–H groups in total. The summed E-state index contributed by atoms with van der Waals surface area (Å²) in [5.41, 5.74) is 0. The van der Waals surface area contributed by atoms with Crippen molar-refractivity contribution in [2.75, 3.05) is 0 Å². The van der Waals surface area contributed by atoms with Gasteiger partial charge in [-0.25, -0.2) is 4.79 Å². The molecule has 1 aliphatic heterocycles. The lowest BCUT2D eigenvalue weighted by Gasteiger charge is -2.15.